The molecule has 5 heteroatoms. The Hall–Kier alpha value is -2.82. The van der Waals surface area contributed by atoms with Gasteiger partial charge in [0.05, 0.1) is 11.3 Å². The molecule has 5 nitrogen and oxygen atoms in total. The van der Waals surface area contributed by atoms with Gasteiger partial charge in [0.25, 0.3) is 11.8 Å². The van der Waals surface area contributed by atoms with E-state index in [9.17, 15) is 9.59 Å². The number of nitrogens with one attached hydrogen (secondary N) is 1. The molecule has 0 aromatic heterocycles. The molecule has 1 N–H and O–H groups in total. The molecule has 22 heavy (non-hydrogen) atoms. The molecule has 0 saturated heterocycles. The minimum absolute atomic E-state index is 0.0574. The van der Waals surface area contributed by atoms with Gasteiger partial charge in [0.2, 0.25) is 0 Å². The summed E-state index contributed by atoms with van der Waals surface area (Å²) in [5.74, 6) is 0.0496. The lowest BCUT2D eigenvalue weighted by atomic mass is 10.1. The van der Waals surface area contributed by atoms with Crippen molar-refractivity contribution in [3.8, 4) is 5.75 Å². The largest absolute Gasteiger partial charge is 0.481 e. The van der Waals surface area contributed by atoms with E-state index in [2.05, 4.69) is 5.32 Å². The predicted molar refractivity (Wildman–Crippen MR) is 84.5 cm³/mol. The minimum Gasteiger partial charge on any atom is -0.481 e. The molecule has 0 atom stereocenters. The number of ether oxygens (including phenoxy) is 1. The number of fused-ring (bicyclic) bond motifs is 1. The quantitative estimate of drug-likeness (QED) is 0.926. The monoisotopic (exact) mass is 296 g/mol. The molecule has 3 rings (SSSR count). The zero-order chi connectivity index (χ0) is 15.7. The van der Waals surface area contributed by atoms with E-state index >= 15 is 0 Å². The Balaban J connectivity index is 1.94. The van der Waals surface area contributed by atoms with Crippen molar-refractivity contribution in [3.63, 3.8) is 0 Å². The van der Waals surface area contributed by atoms with Crippen molar-refractivity contribution in [1.82, 2.24) is 0 Å². The van der Waals surface area contributed by atoms with Gasteiger partial charge in [-0.3, -0.25) is 9.59 Å². The van der Waals surface area contributed by atoms with Gasteiger partial charge in [-0.2, -0.15) is 0 Å². The van der Waals surface area contributed by atoms with E-state index in [0.717, 1.165) is 11.3 Å². The SMILES string of the molecule is Cc1ccccc1NC(=O)c1cccc2c1OCC(=O)N2C. The van der Waals surface area contributed by atoms with Crippen molar-refractivity contribution in [1.29, 1.82) is 0 Å². The van der Waals surface area contributed by atoms with Crippen LogP contribution >= 0.6 is 0 Å². The highest BCUT2D eigenvalue weighted by atomic mass is 16.5. The number of nitrogens with zero attached hydrogens (tertiary/aromatic N) is 1. The average molecular weight is 296 g/mol. The first-order chi connectivity index (χ1) is 10.6. The summed E-state index contributed by atoms with van der Waals surface area (Å²) < 4.78 is 5.47. The summed E-state index contributed by atoms with van der Waals surface area (Å²) in [6.45, 7) is 1.87. The highest BCUT2D eigenvalue weighted by Crippen LogP contribution is 2.35. The molecule has 0 aliphatic carbocycles. The molecule has 0 bridgehead atoms. The summed E-state index contributed by atoms with van der Waals surface area (Å²) in [7, 11) is 1.67. The van der Waals surface area contributed by atoms with E-state index in [0.29, 0.717) is 17.0 Å². The van der Waals surface area contributed by atoms with Gasteiger partial charge in [0.1, 0.15) is 0 Å². The first kappa shape index (κ1) is 14.1. The van der Waals surface area contributed by atoms with Gasteiger partial charge in [-0.05, 0) is 30.7 Å². The number of likely N-dealkylation sites (N-methyl/N-ethyl adjacent to an activating group) is 1. The fourth-order valence-corrected chi connectivity index (χ4v) is 2.39. The number of hydrogen-bond donors (Lipinski definition) is 1. The number of benzene rings is 2. The highest BCUT2D eigenvalue weighted by molar-refractivity contribution is 6.09. The van der Waals surface area contributed by atoms with Gasteiger partial charge in [0.15, 0.2) is 12.4 Å². The maximum atomic E-state index is 12.5. The maximum absolute atomic E-state index is 12.5. The summed E-state index contributed by atoms with van der Waals surface area (Å²) in [4.78, 5) is 25.7. The molecule has 0 radical (unpaired) electrons. The Morgan fingerprint density at radius 2 is 1.95 bits per heavy atom. The number of para-hydroxylation sites is 2. The van der Waals surface area contributed by atoms with Crippen LogP contribution < -0.4 is 15.0 Å². The Morgan fingerprint density at radius 1 is 1.18 bits per heavy atom. The van der Waals surface area contributed by atoms with E-state index in [1.165, 1.54) is 4.90 Å². The molecule has 0 saturated carbocycles. The molecule has 2 aromatic carbocycles. The predicted octanol–water partition coefficient (Wildman–Crippen LogP) is 2.60. The van der Waals surface area contributed by atoms with Crippen LogP contribution in [0.1, 0.15) is 15.9 Å². The van der Waals surface area contributed by atoms with Crippen LogP contribution in [0.15, 0.2) is 42.5 Å². The third-order valence-corrected chi connectivity index (χ3v) is 3.71. The van der Waals surface area contributed by atoms with Crippen LogP contribution in [0, 0.1) is 6.92 Å². The van der Waals surface area contributed by atoms with Crippen LogP contribution in [0.5, 0.6) is 5.75 Å². The van der Waals surface area contributed by atoms with Crippen molar-refractivity contribution in [3.05, 3.63) is 53.6 Å². The molecule has 112 valence electrons. The van der Waals surface area contributed by atoms with E-state index in [4.69, 9.17) is 4.74 Å². The second-order valence-corrected chi connectivity index (χ2v) is 5.16. The number of rotatable bonds is 2. The van der Waals surface area contributed by atoms with E-state index in [-0.39, 0.29) is 18.4 Å². The van der Waals surface area contributed by atoms with E-state index < -0.39 is 0 Å². The summed E-state index contributed by atoms with van der Waals surface area (Å²) in [5.41, 5.74) is 2.76. The standard InChI is InChI=1S/C17H16N2O3/c1-11-6-3-4-8-13(11)18-17(21)12-7-5-9-14-16(12)22-10-15(20)19(14)2/h3-9H,10H2,1-2H3,(H,18,21). The van der Waals surface area contributed by atoms with Gasteiger partial charge in [0, 0.05) is 12.7 Å². The summed E-state index contributed by atoms with van der Waals surface area (Å²) in [6.07, 6.45) is 0. The Morgan fingerprint density at radius 3 is 2.73 bits per heavy atom. The summed E-state index contributed by atoms with van der Waals surface area (Å²) in [5, 5.41) is 2.88. The Labute approximate surface area is 128 Å². The smallest absolute Gasteiger partial charge is 0.264 e. The molecule has 2 aromatic rings. The fraction of sp³-hybridized carbons (Fsp3) is 0.176. The normalized spacial score (nSPS) is 13.4. The number of anilines is 2. The highest BCUT2D eigenvalue weighted by Gasteiger charge is 2.26. The summed E-state index contributed by atoms with van der Waals surface area (Å²) in [6, 6.07) is 12.8. The second kappa shape index (κ2) is 5.52. The van der Waals surface area contributed by atoms with E-state index in [1.807, 2.05) is 31.2 Å². The van der Waals surface area contributed by atoms with Crippen LogP contribution in [0.4, 0.5) is 11.4 Å². The maximum Gasteiger partial charge on any atom is 0.264 e. The third kappa shape index (κ3) is 2.41. The Bertz CT molecular complexity index is 755. The second-order valence-electron chi connectivity index (χ2n) is 5.16. The molecule has 0 fully saturated rings. The van der Waals surface area contributed by atoms with Gasteiger partial charge >= 0.3 is 0 Å². The average Bonchev–Trinajstić information content (AvgIpc) is 2.52. The third-order valence-electron chi connectivity index (χ3n) is 3.71. The van der Waals surface area contributed by atoms with Crippen LogP contribution in [0.2, 0.25) is 0 Å². The number of hydrogen-bond acceptors (Lipinski definition) is 3. The molecule has 1 aliphatic heterocycles. The van der Waals surface area contributed by atoms with E-state index in [1.54, 1.807) is 25.2 Å². The molecular formula is C17H16N2O3. The van der Waals surface area contributed by atoms with Crippen molar-refractivity contribution in [2.45, 2.75) is 6.92 Å². The van der Waals surface area contributed by atoms with Crippen molar-refractivity contribution >= 4 is 23.2 Å². The van der Waals surface area contributed by atoms with Gasteiger partial charge in [-0.15, -0.1) is 0 Å². The van der Waals surface area contributed by atoms with Crippen molar-refractivity contribution in [2.75, 3.05) is 23.9 Å². The minimum atomic E-state index is -0.256. The summed E-state index contributed by atoms with van der Waals surface area (Å²) >= 11 is 0. The number of carbonyl (C=O) groups excluding carboxylic acids is 2. The molecule has 1 heterocycles. The first-order valence-electron chi connectivity index (χ1n) is 6.97. The zero-order valence-corrected chi connectivity index (χ0v) is 12.4. The van der Waals surface area contributed by atoms with Gasteiger partial charge in [-0.25, -0.2) is 0 Å². The van der Waals surface area contributed by atoms with Crippen LogP contribution in [0.3, 0.4) is 0 Å². The van der Waals surface area contributed by atoms with Crippen LogP contribution in [-0.4, -0.2) is 25.5 Å². The first-order valence-corrected chi connectivity index (χ1v) is 6.97. The topological polar surface area (TPSA) is 58.6 Å². The molecule has 0 spiro atoms. The molecular weight excluding hydrogens is 280 g/mol. The van der Waals surface area contributed by atoms with Crippen molar-refractivity contribution < 1.29 is 14.3 Å². The van der Waals surface area contributed by atoms with Crippen LogP contribution in [-0.2, 0) is 4.79 Å². The molecule has 2 amide bonds. The fourth-order valence-electron chi connectivity index (χ4n) is 2.39. The lowest BCUT2D eigenvalue weighted by molar-refractivity contribution is -0.121. The van der Waals surface area contributed by atoms with Crippen molar-refractivity contribution in [2.24, 2.45) is 0 Å². The lowest BCUT2D eigenvalue weighted by Gasteiger charge is -2.27. The zero-order valence-electron chi connectivity index (χ0n) is 12.4. The molecule has 1 aliphatic rings. The van der Waals surface area contributed by atoms with Gasteiger partial charge in [-0.1, -0.05) is 24.3 Å². The number of aryl methyl sites for hydroxylation is 1. The Kier molecular flexibility index (Phi) is 3.55. The number of amides is 2. The van der Waals surface area contributed by atoms with Gasteiger partial charge < -0.3 is 15.0 Å². The molecule has 0 unspecified atom stereocenters. The number of carbonyl (C=O) groups is 2. The van der Waals surface area contributed by atoms with Crippen LogP contribution in [0.25, 0.3) is 0 Å². The lowest BCUT2D eigenvalue weighted by Crippen LogP contribution is -2.36.